The Kier molecular flexibility index (Phi) is 3.93. The number of halogens is 2. The lowest BCUT2D eigenvalue weighted by atomic mass is 9.98. The van der Waals surface area contributed by atoms with Gasteiger partial charge in [-0.1, -0.05) is 6.07 Å². The number of rotatable bonds is 3. The van der Waals surface area contributed by atoms with Crippen LogP contribution in [0, 0.1) is 23.5 Å². The van der Waals surface area contributed by atoms with Crippen molar-refractivity contribution < 1.29 is 13.6 Å². The fourth-order valence-electron chi connectivity index (χ4n) is 3.64. The van der Waals surface area contributed by atoms with Crippen molar-refractivity contribution in [2.75, 3.05) is 13.1 Å². The molecule has 3 nitrogen and oxygen atoms in total. The number of aryl methyl sites for hydroxylation is 1. The average molecular weight is 294 g/mol. The Morgan fingerprint density at radius 1 is 1.29 bits per heavy atom. The quantitative estimate of drug-likeness (QED) is 0.928. The zero-order valence-electron chi connectivity index (χ0n) is 11.9. The molecule has 1 heterocycles. The number of fused-ring (bicyclic) bond motifs is 1. The highest BCUT2D eigenvalue weighted by Gasteiger charge is 2.42. The minimum Gasteiger partial charge on any atom is -0.342 e. The van der Waals surface area contributed by atoms with E-state index in [2.05, 4.69) is 0 Å². The molecule has 2 N–H and O–H groups in total. The van der Waals surface area contributed by atoms with Crippen molar-refractivity contribution in [2.45, 2.75) is 31.7 Å². The van der Waals surface area contributed by atoms with E-state index < -0.39 is 11.6 Å². The maximum Gasteiger partial charge on any atom is 0.222 e. The third kappa shape index (κ3) is 2.93. The molecule has 2 fully saturated rings. The second-order valence-electron chi connectivity index (χ2n) is 6.20. The SMILES string of the molecule is NC1CCC2CN(C(=O)CCc3ccc(F)cc3F)CC12. The molecule has 1 aromatic carbocycles. The van der Waals surface area contributed by atoms with Crippen molar-refractivity contribution in [1.82, 2.24) is 4.90 Å². The molecule has 1 saturated carbocycles. The van der Waals surface area contributed by atoms with Crippen LogP contribution < -0.4 is 5.73 Å². The van der Waals surface area contributed by atoms with Crippen molar-refractivity contribution >= 4 is 5.91 Å². The van der Waals surface area contributed by atoms with Crippen LogP contribution in [-0.4, -0.2) is 29.9 Å². The van der Waals surface area contributed by atoms with E-state index in [1.807, 2.05) is 4.90 Å². The average Bonchev–Trinajstić information content (AvgIpc) is 3.00. The molecule has 5 heteroatoms. The van der Waals surface area contributed by atoms with Gasteiger partial charge in [0.05, 0.1) is 0 Å². The Balaban J connectivity index is 1.55. The molecule has 2 aliphatic rings. The van der Waals surface area contributed by atoms with Gasteiger partial charge < -0.3 is 10.6 Å². The summed E-state index contributed by atoms with van der Waals surface area (Å²) in [5.74, 6) is -0.171. The van der Waals surface area contributed by atoms with Gasteiger partial charge in [0.25, 0.3) is 0 Å². The van der Waals surface area contributed by atoms with E-state index in [-0.39, 0.29) is 18.4 Å². The zero-order chi connectivity index (χ0) is 15.0. The van der Waals surface area contributed by atoms with Crippen LogP contribution in [0.25, 0.3) is 0 Å². The van der Waals surface area contributed by atoms with Crippen molar-refractivity contribution in [3.8, 4) is 0 Å². The van der Waals surface area contributed by atoms with Gasteiger partial charge in [0.2, 0.25) is 5.91 Å². The Bertz CT molecular complexity index is 549. The number of amides is 1. The number of carbonyl (C=O) groups is 1. The van der Waals surface area contributed by atoms with Crippen LogP contribution in [-0.2, 0) is 11.2 Å². The maximum atomic E-state index is 13.5. The zero-order valence-corrected chi connectivity index (χ0v) is 11.9. The van der Waals surface area contributed by atoms with Crippen LogP contribution in [0.2, 0.25) is 0 Å². The molecule has 3 rings (SSSR count). The Labute approximate surface area is 123 Å². The summed E-state index contributed by atoms with van der Waals surface area (Å²) in [6.07, 6.45) is 2.72. The minimum absolute atomic E-state index is 0.0420. The van der Waals surface area contributed by atoms with Gasteiger partial charge in [-0.2, -0.15) is 0 Å². The molecule has 0 bridgehead atoms. The Morgan fingerprint density at radius 3 is 2.81 bits per heavy atom. The minimum atomic E-state index is -0.594. The van der Waals surface area contributed by atoms with E-state index in [0.717, 1.165) is 32.0 Å². The highest BCUT2D eigenvalue weighted by Crippen LogP contribution is 2.37. The molecule has 1 aliphatic carbocycles. The highest BCUT2D eigenvalue weighted by atomic mass is 19.1. The molecule has 3 unspecified atom stereocenters. The lowest BCUT2D eigenvalue weighted by Crippen LogP contribution is -2.33. The molecule has 1 aromatic rings. The van der Waals surface area contributed by atoms with Gasteiger partial charge in [0, 0.05) is 31.6 Å². The number of hydrogen-bond donors (Lipinski definition) is 1. The van der Waals surface area contributed by atoms with E-state index in [4.69, 9.17) is 5.73 Å². The van der Waals surface area contributed by atoms with Gasteiger partial charge in [0.15, 0.2) is 0 Å². The monoisotopic (exact) mass is 294 g/mol. The number of benzene rings is 1. The largest absolute Gasteiger partial charge is 0.342 e. The number of likely N-dealkylation sites (tertiary alicyclic amines) is 1. The van der Waals surface area contributed by atoms with Crippen LogP contribution >= 0.6 is 0 Å². The molecule has 0 aromatic heterocycles. The highest BCUT2D eigenvalue weighted by molar-refractivity contribution is 5.76. The van der Waals surface area contributed by atoms with Gasteiger partial charge in [-0.25, -0.2) is 8.78 Å². The summed E-state index contributed by atoms with van der Waals surface area (Å²) in [4.78, 5) is 14.1. The molecule has 1 amide bonds. The summed E-state index contributed by atoms with van der Waals surface area (Å²) >= 11 is 0. The van der Waals surface area contributed by atoms with Crippen LogP contribution in [0.5, 0.6) is 0 Å². The number of carbonyl (C=O) groups excluding carboxylic acids is 1. The topological polar surface area (TPSA) is 46.3 Å². The van der Waals surface area contributed by atoms with Crippen LogP contribution in [0.3, 0.4) is 0 Å². The summed E-state index contributed by atoms with van der Waals surface area (Å²) in [6, 6.07) is 3.70. The third-order valence-electron chi connectivity index (χ3n) is 4.89. The standard InChI is InChI=1S/C16H20F2N2O/c17-12-4-1-10(14(18)7-12)3-6-16(21)20-8-11-2-5-15(19)13(11)9-20/h1,4,7,11,13,15H,2-3,5-6,8-9,19H2. The van der Waals surface area contributed by atoms with Gasteiger partial charge in [-0.3, -0.25) is 4.79 Å². The summed E-state index contributed by atoms with van der Waals surface area (Å²) in [5, 5.41) is 0. The van der Waals surface area contributed by atoms with E-state index in [1.54, 1.807) is 0 Å². The van der Waals surface area contributed by atoms with Crippen molar-refractivity contribution in [3.05, 3.63) is 35.4 Å². The molecule has 114 valence electrons. The summed E-state index contributed by atoms with van der Waals surface area (Å²) in [6.45, 7) is 1.51. The van der Waals surface area contributed by atoms with E-state index in [0.29, 0.717) is 23.8 Å². The van der Waals surface area contributed by atoms with Crippen LogP contribution in [0.15, 0.2) is 18.2 Å². The molecule has 1 aliphatic heterocycles. The molecular formula is C16H20F2N2O. The Morgan fingerprint density at radius 2 is 2.10 bits per heavy atom. The number of nitrogens with two attached hydrogens (primary N) is 1. The second-order valence-corrected chi connectivity index (χ2v) is 6.20. The van der Waals surface area contributed by atoms with Crippen molar-refractivity contribution in [1.29, 1.82) is 0 Å². The first-order chi connectivity index (χ1) is 10.0. The molecule has 0 spiro atoms. The van der Waals surface area contributed by atoms with E-state index in [9.17, 15) is 13.6 Å². The first kappa shape index (κ1) is 14.4. The van der Waals surface area contributed by atoms with E-state index in [1.165, 1.54) is 12.1 Å². The van der Waals surface area contributed by atoms with Crippen molar-refractivity contribution in [3.63, 3.8) is 0 Å². The van der Waals surface area contributed by atoms with Gasteiger partial charge >= 0.3 is 0 Å². The predicted octanol–water partition coefficient (Wildman–Crippen LogP) is 2.09. The first-order valence-electron chi connectivity index (χ1n) is 7.52. The van der Waals surface area contributed by atoms with E-state index >= 15 is 0 Å². The van der Waals surface area contributed by atoms with Crippen molar-refractivity contribution in [2.24, 2.45) is 17.6 Å². The first-order valence-corrected chi connectivity index (χ1v) is 7.52. The van der Waals surface area contributed by atoms with Gasteiger partial charge in [-0.05, 0) is 42.7 Å². The summed E-state index contributed by atoms with van der Waals surface area (Å²) in [7, 11) is 0. The van der Waals surface area contributed by atoms with Gasteiger partial charge in [0.1, 0.15) is 11.6 Å². The Hall–Kier alpha value is -1.49. The second kappa shape index (κ2) is 5.72. The van der Waals surface area contributed by atoms with Crippen LogP contribution in [0.4, 0.5) is 8.78 Å². The lowest BCUT2D eigenvalue weighted by Gasteiger charge is -2.18. The smallest absolute Gasteiger partial charge is 0.222 e. The van der Waals surface area contributed by atoms with Gasteiger partial charge in [-0.15, -0.1) is 0 Å². The number of nitrogens with zero attached hydrogens (tertiary/aromatic N) is 1. The van der Waals surface area contributed by atoms with Crippen LogP contribution in [0.1, 0.15) is 24.8 Å². The molecule has 3 atom stereocenters. The fraction of sp³-hybridized carbons (Fsp3) is 0.562. The molecule has 0 radical (unpaired) electrons. The fourth-order valence-corrected chi connectivity index (χ4v) is 3.64. The molecular weight excluding hydrogens is 274 g/mol. The maximum absolute atomic E-state index is 13.5. The predicted molar refractivity (Wildman–Crippen MR) is 75.4 cm³/mol. The lowest BCUT2D eigenvalue weighted by molar-refractivity contribution is -0.130. The summed E-state index contributed by atoms with van der Waals surface area (Å²) in [5.41, 5.74) is 6.45. The summed E-state index contributed by atoms with van der Waals surface area (Å²) < 4.78 is 26.4. The third-order valence-corrected chi connectivity index (χ3v) is 4.89. The normalized spacial score (nSPS) is 28.0. The number of hydrogen-bond acceptors (Lipinski definition) is 2. The molecule has 1 saturated heterocycles. The molecule has 21 heavy (non-hydrogen) atoms.